The molecular weight excluding hydrogens is 180 g/mol. The zero-order chi connectivity index (χ0) is 9.26. The Labute approximate surface area is 83.6 Å². The van der Waals surface area contributed by atoms with Gasteiger partial charge in [0.2, 0.25) is 0 Å². The topological polar surface area (TPSA) is 15.3 Å². The highest BCUT2D eigenvalue weighted by atomic mass is 32.1. The number of rotatable bonds is 1. The van der Waals surface area contributed by atoms with Crippen LogP contribution in [0.3, 0.4) is 0 Å². The first-order valence-corrected chi connectivity index (χ1v) is 4.75. The Kier molecular flexibility index (Phi) is 2.19. The summed E-state index contributed by atoms with van der Waals surface area (Å²) >= 11 is 5.13. The van der Waals surface area contributed by atoms with Crippen molar-refractivity contribution in [1.29, 1.82) is 0 Å². The molecule has 13 heavy (non-hydrogen) atoms. The molecule has 2 nitrogen and oxygen atoms in total. The van der Waals surface area contributed by atoms with Crippen molar-refractivity contribution in [3.8, 4) is 0 Å². The van der Waals surface area contributed by atoms with Crippen molar-refractivity contribution >= 4 is 17.3 Å². The number of nitrogens with one attached hydrogen (secondary N) is 1. The van der Waals surface area contributed by atoms with E-state index in [2.05, 4.69) is 34.5 Å². The molecule has 1 saturated heterocycles. The highest BCUT2D eigenvalue weighted by molar-refractivity contribution is 7.80. The lowest BCUT2D eigenvalue weighted by atomic mass is 10.1. The zero-order valence-corrected chi connectivity index (χ0v) is 8.34. The van der Waals surface area contributed by atoms with Crippen LogP contribution in [-0.4, -0.2) is 23.6 Å². The van der Waals surface area contributed by atoms with Gasteiger partial charge in [-0.15, -0.1) is 0 Å². The van der Waals surface area contributed by atoms with Gasteiger partial charge >= 0.3 is 0 Å². The lowest BCUT2D eigenvalue weighted by Crippen LogP contribution is -2.24. The van der Waals surface area contributed by atoms with Crippen LogP contribution in [0.25, 0.3) is 0 Å². The van der Waals surface area contributed by atoms with Gasteiger partial charge in [0.25, 0.3) is 0 Å². The smallest absolute Gasteiger partial charge is 0.169 e. The van der Waals surface area contributed by atoms with Crippen LogP contribution in [0.4, 0.5) is 0 Å². The molecule has 0 unspecified atom stereocenters. The van der Waals surface area contributed by atoms with Gasteiger partial charge in [0.15, 0.2) is 5.11 Å². The van der Waals surface area contributed by atoms with Crippen LogP contribution in [0.5, 0.6) is 0 Å². The third-order valence-electron chi connectivity index (χ3n) is 2.42. The lowest BCUT2D eigenvalue weighted by molar-refractivity contribution is 0.429. The van der Waals surface area contributed by atoms with E-state index in [-0.39, 0.29) is 0 Å². The minimum Gasteiger partial charge on any atom is -0.360 e. The van der Waals surface area contributed by atoms with Crippen molar-refractivity contribution in [3.05, 3.63) is 35.9 Å². The van der Waals surface area contributed by atoms with Gasteiger partial charge in [-0.05, 0) is 17.8 Å². The average molecular weight is 192 g/mol. The van der Waals surface area contributed by atoms with Gasteiger partial charge in [-0.1, -0.05) is 30.3 Å². The summed E-state index contributed by atoms with van der Waals surface area (Å²) in [5.41, 5.74) is 1.32. The number of likely N-dealkylation sites (N-methyl/N-ethyl adjacent to an activating group) is 1. The maximum atomic E-state index is 5.13. The fourth-order valence-corrected chi connectivity index (χ4v) is 1.81. The molecule has 1 aromatic rings. The first-order chi connectivity index (χ1) is 6.29. The van der Waals surface area contributed by atoms with E-state index in [1.807, 2.05) is 13.1 Å². The molecule has 0 spiro atoms. The highest BCUT2D eigenvalue weighted by Crippen LogP contribution is 2.22. The lowest BCUT2D eigenvalue weighted by Gasteiger charge is -2.19. The number of thiocarbonyl (C=S) groups is 1. The molecule has 1 heterocycles. The quantitative estimate of drug-likeness (QED) is 0.680. The van der Waals surface area contributed by atoms with E-state index in [9.17, 15) is 0 Å². The first-order valence-electron chi connectivity index (χ1n) is 4.34. The molecule has 1 aliphatic rings. The van der Waals surface area contributed by atoms with E-state index >= 15 is 0 Å². The van der Waals surface area contributed by atoms with E-state index in [0.717, 1.165) is 11.7 Å². The van der Waals surface area contributed by atoms with Crippen LogP contribution in [-0.2, 0) is 0 Å². The predicted molar refractivity (Wildman–Crippen MR) is 57.5 cm³/mol. The molecule has 0 aliphatic carbocycles. The minimum absolute atomic E-state index is 0.397. The van der Waals surface area contributed by atoms with E-state index < -0.39 is 0 Å². The minimum atomic E-state index is 0.397. The fraction of sp³-hybridized carbons (Fsp3) is 0.300. The molecule has 1 aromatic carbocycles. The number of benzene rings is 1. The Morgan fingerprint density at radius 3 is 2.62 bits per heavy atom. The van der Waals surface area contributed by atoms with Crippen molar-refractivity contribution in [3.63, 3.8) is 0 Å². The Balaban J connectivity index is 2.24. The van der Waals surface area contributed by atoms with Gasteiger partial charge < -0.3 is 10.2 Å². The summed E-state index contributed by atoms with van der Waals surface area (Å²) in [6.45, 7) is 0.916. The van der Waals surface area contributed by atoms with E-state index in [4.69, 9.17) is 12.2 Å². The molecule has 0 bridgehead atoms. The molecule has 1 aliphatic heterocycles. The Hall–Kier alpha value is -1.09. The van der Waals surface area contributed by atoms with Crippen LogP contribution < -0.4 is 5.32 Å². The van der Waals surface area contributed by atoms with E-state index in [0.29, 0.717) is 6.04 Å². The van der Waals surface area contributed by atoms with Crippen LogP contribution in [0.15, 0.2) is 30.3 Å². The van der Waals surface area contributed by atoms with Crippen molar-refractivity contribution in [2.45, 2.75) is 6.04 Å². The summed E-state index contributed by atoms with van der Waals surface area (Å²) in [4.78, 5) is 2.10. The van der Waals surface area contributed by atoms with Crippen LogP contribution in [0.2, 0.25) is 0 Å². The fourth-order valence-electron chi connectivity index (χ4n) is 1.60. The summed E-state index contributed by atoms with van der Waals surface area (Å²) < 4.78 is 0. The van der Waals surface area contributed by atoms with Gasteiger partial charge in [0.05, 0.1) is 6.04 Å². The number of hydrogen-bond donors (Lipinski definition) is 1. The molecule has 2 rings (SSSR count). The van der Waals surface area contributed by atoms with Gasteiger partial charge in [-0.2, -0.15) is 0 Å². The second-order valence-electron chi connectivity index (χ2n) is 3.22. The maximum absolute atomic E-state index is 5.13. The Morgan fingerprint density at radius 1 is 1.38 bits per heavy atom. The third-order valence-corrected chi connectivity index (χ3v) is 2.85. The second kappa shape index (κ2) is 3.34. The maximum Gasteiger partial charge on any atom is 0.169 e. The normalized spacial score (nSPS) is 21.8. The molecule has 1 atom stereocenters. The van der Waals surface area contributed by atoms with Gasteiger partial charge in [-0.25, -0.2) is 0 Å². The largest absolute Gasteiger partial charge is 0.360 e. The van der Waals surface area contributed by atoms with Crippen molar-refractivity contribution in [2.24, 2.45) is 0 Å². The first kappa shape index (κ1) is 8.51. The third kappa shape index (κ3) is 1.52. The zero-order valence-electron chi connectivity index (χ0n) is 7.53. The predicted octanol–water partition coefficient (Wildman–Crippen LogP) is 1.55. The van der Waals surface area contributed by atoms with E-state index in [1.165, 1.54) is 5.56 Å². The molecule has 0 radical (unpaired) electrons. The second-order valence-corrected chi connectivity index (χ2v) is 3.61. The summed E-state index contributed by atoms with van der Waals surface area (Å²) in [7, 11) is 2.03. The standard InChI is InChI=1S/C10H12N2S/c1-12-9(7-11-10(12)13)8-5-3-2-4-6-8/h2-6,9H,7H2,1H3,(H,11,13)/t9-/m0/s1. The number of hydrogen-bond acceptors (Lipinski definition) is 1. The van der Waals surface area contributed by atoms with Crippen LogP contribution >= 0.6 is 12.2 Å². The highest BCUT2D eigenvalue weighted by Gasteiger charge is 2.25. The Bertz CT molecular complexity index is 310. The molecular formula is C10H12N2S. The van der Waals surface area contributed by atoms with E-state index in [1.54, 1.807) is 0 Å². The average Bonchev–Trinajstić information content (AvgIpc) is 2.49. The monoisotopic (exact) mass is 192 g/mol. The SMILES string of the molecule is CN1C(=S)NC[C@H]1c1ccccc1. The molecule has 0 amide bonds. The molecule has 1 N–H and O–H groups in total. The molecule has 68 valence electrons. The van der Waals surface area contributed by atoms with Crippen molar-refractivity contribution < 1.29 is 0 Å². The number of nitrogens with zero attached hydrogens (tertiary/aromatic N) is 1. The Morgan fingerprint density at radius 2 is 2.08 bits per heavy atom. The molecule has 1 fully saturated rings. The van der Waals surface area contributed by atoms with Crippen LogP contribution in [0.1, 0.15) is 11.6 Å². The summed E-state index contributed by atoms with van der Waals surface area (Å²) in [5.74, 6) is 0. The molecule has 3 heteroatoms. The van der Waals surface area contributed by atoms with Crippen molar-refractivity contribution in [2.75, 3.05) is 13.6 Å². The van der Waals surface area contributed by atoms with Crippen LogP contribution in [0, 0.1) is 0 Å². The summed E-state index contributed by atoms with van der Waals surface area (Å²) in [6, 6.07) is 10.8. The summed E-state index contributed by atoms with van der Waals surface area (Å²) in [6.07, 6.45) is 0. The van der Waals surface area contributed by atoms with Gasteiger partial charge in [0.1, 0.15) is 0 Å². The molecule has 0 saturated carbocycles. The molecule has 0 aromatic heterocycles. The van der Waals surface area contributed by atoms with Gasteiger partial charge in [-0.3, -0.25) is 0 Å². The summed E-state index contributed by atoms with van der Waals surface area (Å²) in [5, 5.41) is 4.02. The van der Waals surface area contributed by atoms with Crippen molar-refractivity contribution in [1.82, 2.24) is 10.2 Å². The van der Waals surface area contributed by atoms with Gasteiger partial charge in [0, 0.05) is 13.6 Å².